The maximum absolute atomic E-state index is 14.0. The highest BCUT2D eigenvalue weighted by molar-refractivity contribution is 5.89. The summed E-state index contributed by atoms with van der Waals surface area (Å²) in [5.41, 5.74) is 0.728. The maximum atomic E-state index is 14.0. The normalized spacial score (nSPS) is 17.8. The predicted molar refractivity (Wildman–Crippen MR) is 94.6 cm³/mol. The van der Waals surface area contributed by atoms with Crippen molar-refractivity contribution in [3.05, 3.63) is 36.7 Å². The van der Waals surface area contributed by atoms with Crippen molar-refractivity contribution in [1.29, 1.82) is 0 Å². The van der Waals surface area contributed by atoms with Gasteiger partial charge in [-0.15, -0.1) is 10.2 Å². The molecule has 3 N–H and O–H groups in total. The highest BCUT2D eigenvalue weighted by Crippen LogP contribution is 2.19. The molecule has 0 bridgehead atoms. The zero-order valence-electron chi connectivity index (χ0n) is 14.4. The molecule has 1 aromatic carbocycles. The standard InChI is InChI=1S/C17H23FN6O2/c18-15-5-4-13(24-11-20-21-12-24)9-16(15)22-17(26)19-6-8-23-7-2-1-3-14(23)10-25/h4-5,9,11-12,14,25H,1-3,6-8,10H2,(H2,19,22,26). The number of aliphatic hydroxyl groups excluding tert-OH is 1. The number of likely N-dealkylation sites (tertiary alicyclic amines) is 1. The van der Waals surface area contributed by atoms with E-state index < -0.39 is 11.8 Å². The highest BCUT2D eigenvalue weighted by atomic mass is 19.1. The van der Waals surface area contributed by atoms with Crippen molar-refractivity contribution in [2.75, 3.05) is 31.6 Å². The van der Waals surface area contributed by atoms with Gasteiger partial charge >= 0.3 is 6.03 Å². The number of anilines is 1. The summed E-state index contributed by atoms with van der Waals surface area (Å²) in [4.78, 5) is 14.2. The molecule has 1 unspecified atom stereocenters. The molecule has 2 amide bonds. The number of aliphatic hydroxyl groups is 1. The fourth-order valence-electron chi connectivity index (χ4n) is 3.14. The first-order chi connectivity index (χ1) is 12.7. The molecule has 0 aliphatic carbocycles. The predicted octanol–water partition coefficient (Wildman–Crippen LogP) is 1.37. The lowest BCUT2D eigenvalue weighted by molar-refractivity contribution is 0.0917. The summed E-state index contributed by atoms with van der Waals surface area (Å²) in [6.07, 6.45) is 6.19. The molecule has 1 fully saturated rings. The van der Waals surface area contributed by atoms with Crippen molar-refractivity contribution in [2.24, 2.45) is 0 Å². The zero-order chi connectivity index (χ0) is 18.4. The number of urea groups is 1. The third kappa shape index (κ3) is 4.55. The van der Waals surface area contributed by atoms with Gasteiger partial charge in [0.25, 0.3) is 0 Å². The molecule has 3 rings (SSSR count). The van der Waals surface area contributed by atoms with Crippen LogP contribution in [-0.2, 0) is 0 Å². The Bertz CT molecular complexity index is 724. The van der Waals surface area contributed by atoms with Gasteiger partial charge < -0.3 is 15.7 Å². The SMILES string of the molecule is O=C(NCCN1CCCCC1CO)Nc1cc(-n2cnnc2)ccc1F. The molecule has 0 spiro atoms. The van der Waals surface area contributed by atoms with E-state index in [4.69, 9.17) is 0 Å². The maximum Gasteiger partial charge on any atom is 0.319 e. The number of aromatic nitrogens is 3. The summed E-state index contributed by atoms with van der Waals surface area (Å²) in [6, 6.07) is 4.07. The first-order valence-corrected chi connectivity index (χ1v) is 8.71. The Balaban J connectivity index is 1.52. The molecule has 9 heteroatoms. The number of rotatable bonds is 6. The Morgan fingerprint density at radius 3 is 2.88 bits per heavy atom. The van der Waals surface area contributed by atoms with E-state index in [9.17, 15) is 14.3 Å². The molecule has 2 heterocycles. The first-order valence-electron chi connectivity index (χ1n) is 8.71. The fraction of sp³-hybridized carbons (Fsp3) is 0.471. The van der Waals surface area contributed by atoms with Gasteiger partial charge in [0, 0.05) is 19.1 Å². The van der Waals surface area contributed by atoms with Crippen LogP contribution in [0.2, 0.25) is 0 Å². The largest absolute Gasteiger partial charge is 0.395 e. The molecule has 1 aromatic heterocycles. The van der Waals surface area contributed by atoms with Crippen LogP contribution >= 0.6 is 0 Å². The molecule has 1 atom stereocenters. The van der Waals surface area contributed by atoms with Gasteiger partial charge in [-0.2, -0.15) is 0 Å². The lowest BCUT2D eigenvalue weighted by Gasteiger charge is -2.34. The van der Waals surface area contributed by atoms with Crippen LogP contribution in [0.15, 0.2) is 30.9 Å². The fourth-order valence-corrected chi connectivity index (χ4v) is 3.14. The molecule has 2 aromatic rings. The van der Waals surface area contributed by atoms with Gasteiger partial charge in [0.1, 0.15) is 18.5 Å². The van der Waals surface area contributed by atoms with Crippen molar-refractivity contribution in [1.82, 2.24) is 25.0 Å². The molecule has 1 saturated heterocycles. The van der Waals surface area contributed by atoms with Crippen molar-refractivity contribution < 1.29 is 14.3 Å². The number of amides is 2. The summed E-state index contributed by atoms with van der Waals surface area (Å²) in [5, 5.41) is 22.1. The van der Waals surface area contributed by atoms with Crippen molar-refractivity contribution in [3.63, 3.8) is 0 Å². The third-order valence-corrected chi connectivity index (χ3v) is 4.56. The molecule has 1 aliphatic heterocycles. The number of halogens is 1. The number of carbonyl (C=O) groups excluding carboxylic acids is 1. The van der Waals surface area contributed by atoms with Crippen LogP contribution in [0.4, 0.5) is 14.9 Å². The molecule has 8 nitrogen and oxygen atoms in total. The molecule has 0 radical (unpaired) electrons. The number of piperidine rings is 1. The lowest BCUT2D eigenvalue weighted by atomic mass is 10.0. The van der Waals surface area contributed by atoms with E-state index in [1.807, 2.05) is 0 Å². The van der Waals surface area contributed by atoms with Crippen LogP contribution in [0.25, 0.3) is 5.69 Å². The van der Waals surface area contributed by atoms with Gasteiger partial charge in [-0.25, -0.2) is 9.18 Å². The number of nitrogens with one attached hydrogen (secondary N) is 2. The number of carbonyl (C=O) groups is 1. The Kier molecular flexibility index (Phi) is 6.13. The second-order valence-corrected chi connectivity index (χ2v) is 6.28. The summed E-state index contributed by atoms with van der Waals surface area (Å²) in [6.45, 7) is 2.13. The number of benzene rings is 1. The third-order valence-electron chi connectivity index (χ3n) is 4.56. The Morgan fingerprint density at radius 2 is 2.12 bits per heavy atom. The minimum absolute atomic E-state index is 0.0832. The Morgan fingerprint density at radius 1 is 1.31 bits per heavy atom. The second-order valence-electron chi connectivity index (χ2n) is 6.28. The monoisotopic (exact) mass is 362 g/mol. The smallest absolute Gasteiger partial charge is 0.319 e. The second kappa shape index (κ2) is 8.72. The summed E-state index contributed by atoms with van der Waals surface area (Å²) in [5.74, 6) is -0.520. The summed E-state index contributed by atoms with van der Waals surface area (Å²) in [7, 11) is 0. The molecular weight excluding hydrogens is 339 g/mol. The van der Waals surface area contributed by atoms with Gasteiger partial charge in [-0.1, -0.05) is 6.42 Å². The van der Waals surface area contributed by atoms with Gasteiger partial charge in [0.2, 0.25) is 0 Å². The molecule has 140 valence electrons. The van der Waals surface area contributed by atoms with Crippen LogP contribution in [-0.4, -0.2) is 63.1 Å². The van der Waals surface area contributed by atoms with Crippen molar-refractivity contribution >= 4 is 11.7 Å². The van der Waals surface area contributed by atoms with E-state index in [2.05, 4.69) is 25.7 Å². The summed E-state index contributed by atoms with van der Waals surface area (Å²) < 4.78 is 15.6. The lowest BCUT2D eigenvalue weighted by Crippen LogP contribution is -2.46. The van der Waals surface area contributed by atoms with Crippen molar-refractivity contribution in [3.8, 4) is 5.69 Å². The average Bonchev–Trinajstić information content (AvgIpc) is 3.18. The van der Waals surface area contributed by atoms with Crippen LogP contribution in [0.5, 0.6) is 0 Å². The summed E-state index contributed by atoms with van der Waals surface area (Å²) >= 11 is 0. The van der Waals surface area contributed by atoms with E-state index in [0.29, 0.717) is 18.8 Å². The van der Waals surface area contributed by atoms with Gasteiger partial charge in [0.05, 0.1) is 18.0 Å². The topological polar surface area (TPSA) is 95.3 Å². The molecule has 26 heavy (non-hydrogen) atoms. The average molecular weight is 362 g/mol. The Labute approximate surface area is 151 Å². The number of hydrogen-bond acceptors (Lipinski definition) is 5. The zero-order valence-corrected chi connectivity index (χ0v) is 14.4. The minimum atomic E-state index is -0.520. The van der Waals surface area contributed by atoms with Crippen LogP contribution < -0.4 is 10.6 Å². The Hall–Kier alpha value is -2.52. The first kappa shape index (κ1) is 18.3. The van der Waals surface area contributed by atoms with E-state index in [1.165, 1.54) is 24.8 Å². The van der Waals surface area contributed by atoms with Gasteiger partial charge in [-0.05, 0) is 37.6 Å². The van der Waals surface area contributed by atoms with E-state index >= 15 is 0 Å². The molecular formula is C17H23FN6O2. The minimum Gasteiger partial charge on any atom is -0.395 e. The number of hydrogen-bond donors (Lipinski definition) is 3. The molecule has 1 aliphatic rings. The van der Waals surface area contributed by atoms with E-state index in [-0.39, 0.29) is 18.3 Å². The van der Waals surface area contributed by atoms with Crippen molar-refractivity contribution in [2.45, 2.75) is 25.3 Å². The van der Waals surface area contributed by atoms with E-state index in [1.54, 1.807) is 10.6 Å². The quantitative estimate of drug-likeness (QED) is 0.722. The van der Waals surface area contributed by atoms with Gasteiger partial charge in [-0.3, -0.25) is 9.47 Å². The van der Waals surface area contributed by atoms with E-state index in [0.717, 1.165) is 25.8 Å². The van der Waals surface area contributed by atoms with Crippen LogP contribution in [0.1, 0.15) is 19.3 Å². The van der Waals surface area contributed by atoms with Gasteiger partial charge in [0.15, 0.2) is 0 Å². The molecule has 0 saturated carbocycles. The van der Waals surface area contributed by atoms with Crippen LogP contribution in [0.3, 0.4) is 0 Å². The van der Waals surface area contributed by atoms with Crippen LogP contribution in [0, 0.1) is 5.82 Å². The highest BCUT2D eigenvalue weighted by Gasteiger charge is 2.21. The number of nitrogens with zero attached hydrogens (tertiary/aromatic N) is 4.